The molecule has 2 aromatic carbocycles. The second-order valence-electron chi connectivity index (χ2n) is 8.07. The van der Waals surface area contributed by atoms with Gasteiger partial charge in [0.2, 0.25) is 5.91 Å². The number of aromatic nitrogens is 1. The molecule has 3 aromatic rings. The third-order valence-electron chi connectivity index (χ3n) is 5.66. The topological polar surface area (TPSA) is 62.3 Å². The fraction of sp³-hybridized carbons (Fsp3) is 0.292. The van der Waals surface area contributed by atoms with E-state index in [0.29, 0.717) is 37.5 Å². The fourth-order valence-corrected chi connectivity index (χ4v) is 4.68. The maximum atomic E-state index is 13.4. The van der Waals surface area contributed by atoms with Crippen LogP contribution in [-0.4, -0.2) is 34.8 Å². The van der Waals surface area contributed by atoms with E-state index in [4.69, 9.17) is 0 Å². The second kappa shape index (κ2) is 9.92. The van der Waals surface area contributed by atoms with E-state index >= 15 is 0 Å². The van der Waals surface area contributed by atoms with Gasteiger partial charge in [-0.2, -0.15) is 13.2 Å². The Bertz CT molecular complexity index is 1170. The minimum absolute atomic E-state index is 0.185. The van der Waals surface area contributed by atoms with Gasteiger partial charge in [0.15, 0.2) is 5.13 Å². The fourth-order valence-electron chi connectivity index (χ4n) is 3.83. The van der Waals surface area contributed by atoms with Crippen LogP contribution in [0, 0.1) is 11.7 Å². The first kappa shape index (κ1) is 23.9. The van der Waals surface area contributed by atoms with Gasteiger partial charge in [-0.1, -0.05) is 12.1 Å². The van der Waals surface area contributed by atoms with Gasteiger partial charge in [-0.3, -0.25) is 9.59 Å². The number of benzene rings is 2. The van der Waals surface area contributed by atoms with Crippen LogP contribution in [0.5, 0.6) is 0 Å². The number of nitrogens with zero attached hydrogens (tertiary/aromatic N) is 2. The molecule has 2 amide bonds. The summed E-state index contributed by atoms with van der Waals surface area (Å²) in [6.45, 7) is 0.668. The van der Waals surface area contributed by atoms with Crippen LogP contribution < -0.4 is 5.32 Å². The highest BCUT2D eigenvalue weighted by Crippen LogP contribution is 2.30. The summed E-state index contributed by atoms with van der Waals surface area (Å²) in [5, 5.41) is 3.27. The number of halogens is 4. The molecule has 0 bridgehead atoms. The number of hydrogen-bond acceptors (Lipinski definition) is 4. The van der Waals surface area contributed by atoms with E-state index in [-0.39, 0.29) is 29.1 Å². The Hall–Kier alpha value is -3.27. The molecule has 1 saturated heterocycles. The second-order valence-corrected chi connectivity index (χ2v) is 9.18. The van der Waals surface area contributed by atoms with Crippen molar-refractivity contribution in [3.05, 3.63) is 82.1 Å². The van der Waals surface area contributed by atoms with E-state index in [1.165, 1.54) is 35.6 Å². The summed E-state index contributed by atoms with van der Waals surface area (Å²) in [5.74, 6) is -1.14. The van der Waals surface area contributed by atoms with E-state index in [0.717, 1.165) is 22.6 Å². The standard InChI is InChI=1S/C24H21F4N3O2S/c25-19-3-1-2-15(12-19)13-20-14-29-23(34-20)30-21(32)16-8-10-31(11-9-16)22(33)17-4-6-18(7-5-17)24(26,27)28/h1-7,12,14,16H,8-11,13H2,(H,29,30,32). The molecule has 5 nitrogen and oxygen atoms in total. The molecule has 0 spiro atoms. The Kier molecular flexibility index (Phi) is 6.97. The summed E-state index contributed by atoms with van der Waals surface area (Å²) < 4.78 is 51.5. The Morgan fingerprint density at radius 3 is 2.44 bits per heavy atom. The number of likely N-dealkylation sites (tertiary alicyclic amines) is 1. The number of nitrogens with one attached hydrogen (secondary N) is 1. The summed E-state index contributed by atoms with van der Waals surface area (Å²) in [6.07, 6.45) is -1.41. The molecule has 0 aliphatic carbocycles. The highest BCUT2D eigenvalue weighted by Gasteiger charge is 2.31. The third-order valence-corrected chi connectivity index (χ3v) is 6.58. The molecule has 0 radical (unpaired) electrons. The maximum Gasteiger partial charge on any atom is 0.416 e. The van der Waals surface area contributed by atoms with Gasteiger partial charge in [-0.15, -0.1) is 11.3 Å². The number of thiazole rings is 1. The van der Waals surface area contributed by atoms with E-state index < -0.39 is 11.7 Å². The van der Waals surface area contributed by atoms with Gasteiger partial charge in [0.25, 0.3) is 5.91 Å². The maximum absolute atomic E-state index is 13.4. The molecule has 0 saturated carbocycles. The van der Waals surface area contributed by atoms with E-state index in [9.17, 15) is 27.2 Å². The minimum Gasteiger partial charge on any atom is -0.339 e. The zero-order chi connectivity index (χ0) is 24.3. The van der Waals surface area contributed by atoms with Crippen LogP contribution in [0.25, 0.3) is 0 Å². The van der Waals surface area contributed by atoms with E-state index in [2.05, 4.69) is 10.3 Å². The molecule has 10 heteroatoms. The van der Waals surface area contributed by atoms with Gasteiger partial charge in [-0.25, -0.2) is 9.37 Å². The van der Waals surface area contributed by atoms with Gasteiger partial charge < -0.3 is 10.2 Å². The summed E-state index contributed by atoms with van der Waals surface area (Å²) in [5.41, 5.74) is 0.192. The molecule has 1 N–H and O–H groups in total. The average Bonchev–Trinajstić information content (AvgIpc) is 3.24. The van der Waals surface area contributed by atoms with Crippen LogP contribution in [0.4, 0.5) is 22.7 Å². The van der Waals surface area contributed by atoms with Crippen LogP contribution in [-0.2, 0) is 17.4 Å². The van der Waals surface area contributed by atoms with E-state index in [1.807, 2.05) is 6.07 Å². The number of anilines is 1. The van der Waals surface area contributed by atoms with Crippen LogP contribution in [0.3, 0.4) is 0 Å². The summed E-state index contributed by atoms with van der Waals surface area (Å²) in [7, 11) is 0. The number of alkyl halides is 3. The summed E-state index contributed by atoms with van der Waals surface area (Å²) in [4.78, 5) is 31.9. The van der Waals surface area contributed by atoms with Crippen LogP contribution in [0.15, 0.2) is 54.7 Å². The number of rotatable bonds is 5. The van der Waals surface area contributed by atoms with Crippen molar-refractivity contribution in [3.8, 4) is 0 Å². The number of amides is 2. The molecule has 1 aliphatic heterocycles. The monoisotopic (exact) mass is 491 g/mol. The number of piperidine rings is 1. The molecule has 178 valence electrons. The molecule has 1 aliphatic rings. The number of hydrogen-bond donors (Lipinski definition) is 1. The molecular formula is C24H21F4N3O2S. The molecule has 1 fully saturated rings. The van der Waals surface area contributed by atoms with Crippen molar-refractivity contribution in [2.75, 3.05) is 18.4 Å². The SMILES string of the molecule is O=C(Nc1ncc(Cc2cccc(F)c2)s1)C1CCN(C(=O)c2ccc(C(F)(F)F)cc2)CC1. The molecule has 0 atom stereocenters. The van der Waals surface area contributed by atoms with E-state index in [1.54, 1.807) is 17.2 Å². The van der Waals surface area contributed by atoms with Crippen molar-refractivity contribution in [3.63, 3.8) is 0 Å². The lowest BCUT2D eigenvalue weighted by Crippen LogP contribution is -2.41. The number of carbonyl (C=O) groups is 2. The van der Waals surface area contributed by atoms with Crippen molar-refractivity contribution in [2.45, 2.75) is 25.4 Å². The molecule has 4 rings (SSSR count). The first-order valence-corrected chi connectivity index (χ1v) is 11.5. The predicted molar refractivity (Wildman–Crippen MR) is 120 cm³/mol. The van der Waals surface area contributed by atoms with Crippen LogP contribution in [0.2, 0.25) is 0 Å². The zero-order valence-electron chi connectivity index (χ0n) is 17.9. The van der Waals surface area contributed by atoms with Crippen molar-refractivity contribution < 1.29 is 27.2 Å². The van der Waals surface area contributed by atoms with Gasteiger partial charge in [0, 0.05) is 42.1 Å². The Morgan fingerprint density at radius 2 is 1.79 bits per heavy atom. The van der Waals surface area contributed by atoms with Crippen LogP contribution >= 0.6 is 11.3 Å². The zero-order valence-corrected chi connectivity index (χ0v) is 18.8. The predicted octanol–water partition coefficient (Wildman–Crippen LogP) is 5.38. The lowest BCUT2D eigenvalue weighted by Gasteiger charge is -2.31. The number of carbonyl (C=O) groups excluding carboxylic acids is 2. The van der Waals surface area contributed by atoms with Crippen molar-refractivity contribution in [1.29, 1.82) is 0 Å². The highest BCUT2D eigenvalue weighted by atomic mass is 32.1. The lowest BCUT2D eigenvalue weighted by molar-refractivity contribution is -0.137. The summed E-state index contributed by atoms with van der Waals surface area (Å²) >= 11 is 1.32. The van der Waals surface area contributed by atoms with Gasteiger partial charge in [0.1, 0.15) is 5.82 Å². The minimum atomic E-state index is -4.45. The smallest absolute Gasteiger partial charge is 0.339 e. The highest BCUT2D eigenvalue weighted by molar-refractivity contribution is 7.15. The largest absolute Gasteiger partial charge is 0.416 e. The normalized spacial score (nSPS) is 14.8. The van der Waals surface area contributed by atoms with Gasteiger partial charge in [-0.05, 0) is 54.8 Å². The van der Waals surface area contributed by atoms with Crippen molar-refractivity contribution >= 4 is 28.3 Å². The molecule has 2 heterocycles. The first-order valence-electron chi connectivity index (χ1n) is 10.7. The van der Waals surface area contributed by atoms with Gasteiger partial charge >= 0.3 is 6.18 Å². The molecule has 1 aromatic heterocycles. The first-order chi connectivity index (χ1) is 16.2. The molecular weight excluding hydrogens is 470 g/mol. The lowest BCUT2D eigenvalue weighted by atomic mass is 9.95. The quantitative estimate of drug-likeness (QED) is 0.488. The Balaban J connectivity index is 1.28. The van der Waals surface area contributed by atoms with Crippen LogP contribution in [0.1, 0.15) is 39.2 Å². The van der Waals surface area contributed by atoms with Gasteiger partial charge in [0.05, 0.1) is 5.56 Å². The van der Waals surface area contributed by atoms with Crippen molar-refractivity contribution in [2.24, 2.45) is 5.92 Å². The average molecular weight is 492 g/mol. The van der Waals surface area contributed by atoms with Crippen molar-refractivity contribution in [1.82, 2.24) is 9.88 Å². The molecule has 34 heavy (non-hydrogen) atoms. The third kappa shape index (κ3) is 5.80. The Labute approximate surface area is 197 Å². The summed E-state index contributed by atoms with van der Waals surface area (Å²) in [6, 6.07) is 10.4. The Morgan fingerprint density at radius 1 is 1.09 bits per heavy atom. The molecule has 0 unspecified atom stereocenters.